The van der Waals surface area contributed by atoms with Crippen molar-refractivity contribution in [2.75, 3.05) is 30.3 Å². The van der Waals surface area contributed by atoms with Crippen LogP contribution in [0.4, 0.5) is 21.9 Å². The van der Waals surface area contributed by atoms with E-state index in [0.717, 1.165) is 17.1 Å². The van der Waals surface area contributed by atoms with Crippen molar-refractivity contribution in [2.45, 2.75) is 26.7 Å². The van der Waals surface area contributed by atoms with Crippen molar-refractivity contribution >= 4 is 29.1 Å². The van der Waals surface area contributed by atoms with Crippen LogP contribution >= 0.6 is 0 Å². The van der Waals surface area contributed by atoms with Crippen molar-refractivity contribution < 1.29 is 14.3 Å². The van der Waals surface area contributed by atoms with E-state index in [0.29, 0.717) is 38.5 Å². The zero-order chi connectivity index (χ0) is 20.6. The molecule has 1 saturated heterocycles. The Kier molecular flexibility index (Phi) is 7.11. The number of carbonyl (C=O) groups excluding carboxylic acids is 2. The van der Waals surface area contributed by atoms with Crippen LogP contribution in [-0.2, 0) is 9.53 Å². The van der Waals surface area contributed by atoms with Gasteiger partial charge in [0.15, 0.2) is 0 Å². The summed E-state index contributed by atoms with van der Waals surface area (Å²) in [5.74, 6) is 0.229. The topological polar surface area (TPSA) is 70.7 Å². The summed E-state index contributed by atoms with van der Waals surface area (Å²) < 4.78 is 5.27. The second-order valence-corrected chi connectivity index (χ2v) is 7.79. The number of para-hydroxylation sites is 1. The van der Waals surface area contributed by atoms with Crippen LogP contribution in [0.2, 0.25) is 0 Å². The Hall–Kier alpha value is -3.02. The van der Waals surface area contributed by atoms with Crippen LogP contribution in [0.5, 0.6) is 0 Å². The largest absolute Gasteiger partial charge is 0.449 e. The van der Waals surface area contributed by atoms with Gasteiger partial charge >= 0.3 is 6.09 Å². The highest BCUT2D eigenvalue weighted by Crippen LogP contribution is 2.22. The van der Waals surface area contributed by atoms with Crippen LogP contribution in [-0.4, -0.2) is 36.6 Å². The molecule has 6 nitrogen and oxygen atoms in total. The van der Waals surface area contributed by atoms with Gasteiger partial charge in [-0.3, -0.25) is 4.79 Å². The number of anilines is 3. The highest BCUT2D eigenvalue weighted by molar-refractivity contribution is 5.93. The fourth-order valence-electron chi connectivity index (χ4n) is 3.22. The molecule has 2 amide bonds. The Balaban J connectivity index is 1.45. The van der Waals surface area contributed by atoms with E-state index in [-0.39, 0.29) is 17.9 Å². The lowest BCUT2D eigenvalue weighted by Gasteiger charge is -2.30. The molecule has 154 valence electrons. The van der Waals surface area contributed by atoms with Gasteiger partial charge in [0.05, 0.1) is 6.61 Å². The smallest absolute Gasteiger partial charge is 0.409 e. The molecule has 0 spiro atoms. The van der Waals surface area contributed by atoms with Crippen molar-refractivity contribution in [1.29, 1.82) is 0 Å². The SMILES string of the molecule is CC(C)COC(=O)N1CCC(C(=O)Nc2ccc(Nc3ccccc3)cc2)CC1. The predicted molar refractivity (Wildman–Crippen MR) is 115 cm³/mol. The average molecular weight is 396 g/mol. The second kappa shape index (κ2) is 9.96. The zero-order valence-corrected chi connectivity index (χ0v) is 17.1. The monoisotopic (exact) mass is 395 g/mol. The molecule has 6 heteroatoms. The van der Waals surface area contributed by atoms with Gasteiger partial charge in [-0.1, -0.05) is 32.0 Å². The molecule has 0 aliphatic carbocycles. The summed E-state index contributed by atoms with van der Waals surface area (Å²) >= 11 is 0. The van der Waals surface area contributed by atoms with Gasteiger partial charge in [0.25, 0.3) is 0 Å². The van der Waals surface area contributed by atoms with E-state index >= 15 is 0 Å². The first-order chi connectivity index (χ1) is 14.0. The lowest BCUT2D eigenvalue weighted by atomic mass is 9.96. The van der Waals surface area contributed by atoms with Gasteiger partial charge in [-0.25, -0.2) is 4.79 Å². The quantitative estimate of drug-likeness (QED) is 0.732. The first-order valence-electron chi connectivity index (χ1n) is 10.2. The zero-order valence-electron chi connectivity index (χ0n) is 17.1. The molecule has 2 aromatic carbocycles. The van der Waals surface area contributed by atoms with E-state index in [1.807, 2.05) is 68.4 Å². The summed E-state index contributed by atoms with van der Waals surface area (Å²) in [6.45, 7) is 5.54. The first kappa shape index (κ1) is 20.7. The van der Waals surface area contributed by atoms with E-state index in [9.17, 15) is 9.59 Å². The van der Waals surface area contributed by atoms with Gasteiger partial charge in [-0.2, -0.15) is 0 Å². The summed E-state index contributed by atoms with van der Waals surface area (Å²) in [4.78, 5) is 26.3. The minimum absolute atomic E-state index is 0.00367. The molecular weight excluding hydrogens is 366 g/mol. The van der Waals surface area contributed by atoms with Gasteiger partial charge in [-0.15, -0.1) is 0 Å². The Labute approximate surface area is 172 Å². The number of hydrogen-bond donors (Lipinski definition) is 2. The Morgan fingerprint density at radius 1 is 0.966 bits per heavy atom. The van der Waals surface area contributed by atoms with Gasteiger partial charge in [0, 0.05) is 36.1 Å². The summed E-state index contributed by atoms with van der Waals surface area (Å²) in [7, 11) is 0. The Morgan fingerprint density at radius 3 is 2.17 bits per heavy atom. The van der Waals surface area contributed by atoms with Crippen LogP contribution in [0, 0.1) is 11.8 Å². The van der Waals surface area contributed by atoms with Crippen LogP contribution in [0.25, 0.3) is 0 Å². The van der Waals surface area contributed by atoms with E-state index in [2.05, 4.69) is 10.6 Å². The number of rotatable bonds is 6. The molecule has 2 N–H and O–H groups in total. The maximum Gasteiger partial charge on any atom is 0.409 e. The van der Waals surface area contributed by atoms with E-state index in [1.165, 1.54) is 0 Å². The molecule has 0 aromatic heterocycles. The van der Waals surface area contributed by atoms with Gasteiger partial charge < -0.3 is 20.3 Å². The minimum atomic E-state index is -0.279. The molecule has 0 saturated carbocycles. The van der Waals surface area contributed by atoms with Crippen molar-refractivity contribution in [1.82, 2.24) is 4.90 Å². The second-order valence-electron chi connectivity index (χ2n) is 7.79. The predicted octanol–water partition coefficient (Wildman–Crippen LogP) is 4.87. The number of piperidine rings is 1. The number of nitrogens with one attached hydrogen (secondary N) is 2. The Bertz CT molecular complexity index is 798. The van der Waals surface area contributed by atoms with Crippen LogP contribution in [0.15, 0.2) is 54.6 Å². The molecule has 1 heterocycles. The fourth-order valence-corrected chi connectivity index (χ4v) is 3.22. The number of ether oxygens (including phenoxy) is 1. The van der Waals surface area contributed by atoms with Crippen molar-refractivity contribution in [2.24, 2.45) is 11.8 Å². The number of carbonyl (C=O) groups is 2. The van der Waals surface area contributed by atoms with Crippen molar-refractivity contribution in [3.8, 4) is 0 Å². The summed E-state index contributed by atoms with van der Waals surface area (Å²) in [5, 5.41) is 6.30. The molecule has 0 atom stereocenters. The van der Waals surface area contributed by atoms with Gasteiger partial charge in [0.2, 0.25) is 5.91 Å². The van der Waals surface area contributed by atoms with Gasteiger partial charge in [-0.05, 0) is 55.2 Å². The van der Waals surface area contributed by atoms with Crippen LogP contribution in [0.3, 0.4) is 0 Å². The normalized spacial score (nSPS) is 14.5. The van der Waals surface area contributed by atoms with Crippen LogP contribution < -0.4 is 10.6 Å². The Morgan fingerprint density at radius 2 is 1.55 bits per heavy atom. The molecule has 2 aromatic rings. The third-order valence-corrected chi connectivity index (χ3v) is 4.88. The van der Waals surface area contributed by atoms with Gasteiger partial charge in [0.1, 0.15) is 0 Å². The molecule has 29 heavy (non-hydrogen) atoms. The lowest BCUT2D eigenvalue weighted by Crippen LogP contribution is -2.42. The van der Waals surface area contributed by atoms with E-state index in [1.54, 1.807) is 4.90 Å². The fraction of sp³-hybridized carbons (Fsp3) is 0.391. The maximum absolute atomic E-state index is 12.6. The molecule has 1 aliphatic heterocycles. The molecule has 1 fully saturated rings. The van der Waals surface area contributed by atoms with Crippen molar-refractivity contribution in [3.05, 3.63) is 54.6 Å². The molecular formula is C23H29N3O3. The van der Waals surface area contributed by atoms with Crippen LogP contribution in [0.1, 0.15) is 26.7 Å². The lowest BCUT2D eigenvalue weighted by molar-refractivity contribution is -0.121. The number of benzene rings is 2. The first-order valence-corrected chi connectivity index (χ1v) is 10.2. The van der Waals surface area contributed by atoms with E-state index in [4.69, 9.17) is 4.74 Å². The number of likely N-dealkylation sites (tertiary alicyclic amines) is 1. The number of nitrogens with zero attached hydrogens (tertiary/aromatic N) is 1. The van der Waals surface area contributed by atoms with E-state index < -0.39 is 0 Å². The summed E-state index contributed by atoms with van der Waals surface area (Å²) in [6.07, 6.45) is 1.02. The summed E-state index contributed by atoms with van der Waals surface area (Å²) in [6, 6.07) is 17.6. The number of hydrogen-bond acceptors (Lipinski definition) is 4. The molecule has 1 aliphatic rings. The minimum Gasteiger partial charge on any atom is -0.449 e. The third-order valence-electron chi connectivity index (χ3n) is 4.88. The third kappa shape index (κ3) is 6.24. The maximum atomic E-state index is 12.6. The average Bonchev–Trinajstić information content (AvgIpc) is 2.74. The highest BCUT2D eigenvalue weighted by atomic mass is 16.6. The molecule has 0 radical (unpaired) electrons. The standard InChI is InChI=1S/C23H29N3O3/c1-17(2)16-29-23(28)26-14-12-18(13-15-26)22(27)25-21-10-8-20(9-11-21)24-19-6-4-3-5-7-19/h3-11,17-18,24H,12-16H2,1-2H3,(H,25,27). The molecule has 0 unspecified atom stereocenters. The molecule has 3 rings (SSSR count). The summed E-state index contributed by atoms with van der Waals surface area (Å²) in [5.41, 5.74) is 2.75. The highest BCUT2D eigenvalue weighted by Gasteiger charge is 2.28. The number of amides is 2. The molecule has 0 bridgehead atoms. The van der Waals surface area contributed by atoms with Crippen molar-refractivity contribution in [3.63, 3.8) is 0 Å².